The number of ether oxygens (including phenoxy) is 1. The van der Waals surface area contributed by atoms with Crippen molar-refractivity contribution in [1.29, 1.82) is 0 Å². The molecule has 4 nitrogen and oxygen atoms in total. The Bertz CT molecular complexity index is 270. The molecule has 1 heterocycles. The maximum absolute atomic E-state index is 12.0. The molecule has 1 saturated heterocycles. The number of hydrogen-bond acceptors (Lipinski definition) is 3. The number of hydrogen-bond donors (Lipinski definition) is 1. The van der Waals surface area contributed by atoms with E-state index in [1.165, 1.54) is 6.42 Å². The second-order valence-corrected chi connectivity index (χ2v) is 5.63. The lowest BCUT2D eigenvalue weighted by Crippen LogP contribution is -2.42. The maximum Gasteiger partial charge on any atom is 0.410 e. The van der Waals surface area contributed by atoms with Crippen molar-refractivity contribution in [3.8, 4) is 0 Å². The predicted octanol–water partition coefficient (Wildman–Crippen LogP) is 2.12. The van der Waals surface area contributed by atoms with Gasteiger partial charge in [0.05, 0.1) is 0 Å². The van der Waals surface area contributed by atoms with Crippen LogP contribution in [-0.2, 0) is 4.74 Å². The van der Waals surface area contributed by atoms with Crippen molar-refractivity contribution < 1.29 is 9.53 Å². The van der Waals surface area contributed by atoms with Gasteiger partial charge in [-0.2, -0.15) is 0 Å². The van der Waals surface area contributed by atoms with Crippen molar-refractivity contribution in [3.05, 3.63) is 0 Å². The smallest absolute Gasteiger partial charge is 0.410 e. The third-order valence-electron chi connectivity index (χ3n) is 3.85. The van der Waals surface area contributed by atoms with Crippen molar-refractivity contribution in [2.45, 2.75) is 57.6 Å². The molecule has 1 saturated carbocycles. The van der Waals surface area contributed by atoms with Crippen molar-refractivity contribution in [3.63, 3.8) is 0 Å². The molecule has 0 aromatic rings. The minimum atomic E-state index is -0.129. The Morgan fingerprint density at radius 1 is 1.29 bits per heavy atom. The van der Waals surface area contributed by atoms with Gasteiger partial charge in [-0.05, 0) is 44.4 Å². The number of piperidine rings is 1. The van der Waals surface area contributed by atoms with Crippen LogP contribution < -0.4 is 5.73 Å². The molecule has 0 spiro atoms. The van der Waals surface area contributed by atoms with Gasteiger partial charge in [0.15, 0.2) is 0 Å². The van der Waals surface area contributed by atoms with Crippen LogP contribution in [0.15, 0.2) is 0 Å². The summed E-state index contributed by atoms with van der Waals surface area (Å²) >= 11 is 0. The molecule has 0 aromatic carbocycles. The molecule has 1 aliphatic heterocycles. The highest BCUT2D eigenvalue weighted by Gasteiger charge is 2.27. The van der Waals surface area contributed by atoms with Crippen molar-refractivity contribution in [2.75, 3.05) is 13.1 Å². The van der Waals surface area contributed by atoms with E-state index in [1.54, 1.807) is 0 Å². The van der Waals surface area contributed by atoms with Gasteiger partial charge in [-0.1, -0.05) is 6.92 Å². The second kappa shape index (κ2) is 5.71. The van der Waals surface area contributed by atoms with E-state index in [0.717, 1.165) is 45.2 Å². The van der Waals surface area contributed by atoms with E-state index in [0.29, 0.717) is 5.92 Å². The summed E-state index contributed by atoms with van der Waals surface area (Å²) in [6.45, 7) is 3.88. The molecule has 0 bridgehead atoms. The Hall–Kier alpha value is -0.770. The van der Waals surface area contributed by atoms with Crippen LogP contribution in [0.25, 0.3) is 0 Å². The molecule has 2 aliphatic rings. The standard InChI is InChI=1S/C13H24N2O2/c1-10-4-3-7-15(9-10)13(16)17-12-6-2-5-11(14)8-12/h10-12H,2-9,14H2,1H3. The van der Waals surface area contributed by atoms with E-state index >= 15 is 0 Å². The van der Waals surface area contributed by atoms with Crippen LogP contribution in [0.1, 0.15) is 45.4 Å². The first-order valence-electron chi connectivity index (χ1n) is 6.86. The fourth-order valence-corrected chi connectivity index (χ4v) is 2.86. The van der Waals surface area contributed by atoms with Gasteiger partial charge in [0, 0.05) is 19.1 Å². The molecule has 1 amide bonds. The highest BCUT2D eigenvalue weighted by molar-refractivity contribution is 5.68. The number of nitrogens with zero attached hydrogens (tertiary/aromatic N) is 1. The zero-order chi connectivity index (χ0) is 12.3. The molecule has 3 atom stereocenters. The average Bonchev–Trinajstić information content (AvgIpc) is 2.29. The van der Waals surface area contributed by atoms with E-state index in [4.69, 9.17) is 10.5 Å². The van der Waals surface area contributed by atoms with Crippen LogP contribution in [0, 0.1) is 5.92 Å². The number of carbonyl (C=O) groups is 1. The third kappa shape index (κ3) is 3.60. The molecule has 17 heavy (non-hydrogen) atoms. The fraction of sp³-hybridized carbons (Fsp3) is 0.923. The highest BCUT2D eigenvalue weighted by atomic mass is 16.6. The fourth-order valence-electron chi connectivity index (χ4n) is 2.86. The van der Waals surface area contributed by atoms with E-state index in [-0.39, 0.29) is 18.2 Å². The quantitative estimate of drug-likeness (QED) is 0.764. The Morgan fingerprint density at radius 2 is 2.12 bits per heavy atom. The van der Waals surface area contributed by atoms with Crippen LogP contribution in [0.3, 0.4) is 0 Å². The topological polar surface area (TPSA) is 55.6 Å². The minimum absolute atomic E-state index is 0.0449. The largest absolute Gasteiger partial charge is 0.446 e. The summed E-state index contributed by atoms with van der Waals surface area (Å²) in [5.41, 5.74) is 5.90. The Labute approximate surface area is 103 Å². The molecule has 2 fully saturated rings. The van der Waals surface area contributed by atoms with Gasteiger partial charge in [0.25, 0.3) is 0 Å². The Morgan fingerprint density at radius 3 is 2.82 bits per heavy atom. The lowest BCUT2D eigenvalue weighted by molar-refractivity contribution is 0.0338. The zero-order valence-electron chi connectivity index (χ0n) is 10.7. The third-order valence-corrected chi connectivity index (χ3v) is 3.85. The van der Waals surface area contributed by atoms with Crippen LogP contribution >= 0.6 is 0 Å². The Balaban J connectivity index is 1.79. The molecule has 2 N–H and O–H groups in total. The van der Waals surface area contributed by atoms with E-state index in [9.17, 15) is 4.79 Å². The molecule has 2 rings (SSSR count). The summed E-state index contributed by atoms with van der Waals surface area (Å²) in [6.07, 6.45) is 6.18. The molecule has 3 unspecified atom stereocenters. The first kappa shape index (κ1) is 12.7. The van der Waals surface area contributed by atoms with Crippen LogP contribution in [0.2, 0.25) is 0 Å². The maximum atomic E-state index is 12.0. The molecule has 4 heteroatoms. The average molecular weight is 240 g/mol. The number of nitrogens with two attached hydrogens (primary N) is 1. The van der Waals surface area contributed by atoms with Crippen molar-refractivity contribution >= 4 is 6.09 Å². The van der Waals surface area contributed by atoms with Gasteiger partial charge in [-0.25, -0.2) is 4.79 Å². The van der Waals surface area contributed by atoms with E-state index < -0.39 is 0 Å². The Kier molecular flexibility index (Phi) is 4.26. The summed E-state index contributed by atoms with van der Waals surface area (Å²) in [6, 6.07) is 0.210. The molecule has 1 aliphatic carbocycles. The monoisotopic (exact) mass is 240 g/mol. The van der Waals surface area contributed by atoms with Gasteiger partial charge in [0.1, 0.15) is 6.10 Å². The summed E-state index contributed by atoms with van der Waals surface area (Å²) in [4.78, 5) is 13.8. The summed E-state index contributed by atoms with van der Waals surface area (Å²) in [5, 5.41) is 0. The molecule has 0 radical (unpaired) electrons. The van der Waals surface area contributed by atoms with Crippen molar-refractivity contribution in [2.24, 2.45) is 11.7 Å². The summed E-state index contributed by atoms with van der Waals surface area (Å²) < 4.78 is 5.56. The number of carbonyl (C=O) groups excluding carboxylic acids is 1. The number of amides is 1. The first-order chi connectivity index (χ1) is 8.15. The zero-order valence-corrected chi connectivity index (χ0v) is 10.7. The lowest BCUT2D eigenvalue weighted by Gasteiger charge is -2.33. The predicted molar refractivity (Wildman–Crippen MR) is 66.7 cm³/mol. The van der Waals surface area contributed by atoms with E-state index in [2.05, 4.69) is 6.92 Å². The number of likely N-dealkylation sites (tertiary alicyclic amines) is 1. The normalized spacial score (nSPS) is 34.5. The first-order valence-corrected chi connectivity index (χ1v) is 6.86. The van der Waals surface area contributed by atoms with Crippen LogP contribution in [0.4, 0.5) is 4.79 Å². The molecular weight excluding hydrogens is 216 g/mol. The van der Waals surface area contributed by atoms with E-state index in [1.807, 2.05) is 4.90 Å². The van der Waals surface area contributed by atoms with Gasteiger partial charge >= 0.3 is 6.09 Å². The molecule has 0 aromatic heterocycles. The highest BCUT2D eigenvalue weighted by Crippen LogP contribution is 2.22. The van der Waals surface area contributed by atoms with Gasteiger partial charge < -0.3 is 15.4 Å². The van der Waals surface area contributed by atoms with Gasteiger partial charge in [-0.15, -0.1) is 0 Å². The summed E-state index contributed by atoms with van der Waals surface area (Å²) in [5.74, 6) is 0.602. The molecular formula is C13H24N2O2. The van der Waals surface area contributed by atoms with Gasteiger partial charge in [0.2, 0.25) is 0 Å². The molecule has 98 valence electrons. The minimum Gasteiger partial charge on any atom is -0.446 e. The van der Waals surface area contributed by atoms with Gasteiger partial charge in [-0.3, -0.25) is 0 Å². The SMILES string of the molecule is CC1CCCN(C(=O)OC2CCCC(N)C2)C1. The van der Waals surface area contributed by atoms with Crippen LogP contribution in [-0.4, -0.2) is 36.2 Å². The number of rotatable bonds is 1. The van der Waals surface area contributed by atoms with Crippen molar-refractivity contribution in [1.82, 2.24) is 4.90 Å². The second-order valence-electron chi connectivity index (χ2n) is 5.63. The van der Waals surface area contributed by atoms with Crippen LogP contribution in [0.5, 0.6) is 0 Å². The summed E-state index contributed by atoms with van der Waals surface area (Å²) in [7, 11) is 0. The lowest BCUT2D eigenvalue weighted by atomic mass is 9.94.